The van der Waals surface area contributed by atoms with E-state index in [0.717, 1.165) is 24.2 Å². The lowest BCUT2D eigenvalue weighted by atomic mass is 9.92. The first-order valence-electron chi connectivity index (χ1n) is 7.90. The van der Waals surface area contributed by atoms with Crippen molar-refractivity contribution in [3.8, 4) is 5.88 Å². The second-order valence-electron chi connectivity index (χ2n) is 5.88. The zero-order valence-corrected chi connectivity index (χ0v) is 13.7. The van der Waals surface area contributed by atoms with E-state index in [4.69, 9.17) is 9.26 Å². The number of amides is 2. The third-order valence-electron chi connectivity index (χ3n) is 4.36. The molecule has 1 saturated heterocycles. The summed E-state index contributed by atoms with van der Waals surface area (Å²) in [7, 11) is 1.57. The molecule has 128 valence electrons. The van der Waals surface area contributed by atoms with E-state index < -0.39 is 0 Å². The zero-order chi connectivity index (χ0) is 17.1. The molecule has 2 heterocycles. The van der Waals surface area contributed by atoms with Crippen LogP contribution in [0, 0.1) is 12.7 Å². The summed E-state index contributed by atoms with van der Waals surface area (Å²) >= 11 is 0. The Labute approximate surface area is 139 Å². The molecule has 24 heavy (non-hydrogen) atoms. The topological polar surface area (TPSA) is 67.6 Å². The number of ether oxygens (including phenoxy) is 1. The van der Waals surface area contributed by atoms with Crippen LogP contribution in [0.15, 0.2) is 28.8 Å². The van der Waals surface area contributed by atoms with Crippen LogP contribution in [0.2, 0.25) is 0 Å². The first kappa shape index (κ1) is 16.3. The number of likely N-dealkylation sites (tertiary alicyclic amines) is 1. The van der Waals surface area contributed by atoms with Gasteiger partial charge in [0.2, 0.25) is 0 Å². The highest BCUT2D eigenvalue weighted by Crippen LogP contribution is 2.33. The van der Waals surface area contributed by atoms with Crippen LogP contribution in [-0.2, 0) is 0 Å². The average Bonchev–Trinajstić information content (AvgIpc) is 2.97. The summed E-state index contributed by atoms with van der Waals surface area (Å²) in [5.74, 6) is 1.26. The predicted molar refractivity (Wildman–Crippen MR) is 86.8 cm³/mol. The first-order chi connectivity index (χ1) is 11.6. The van der Waals surface area contributed by atoms with E-state index in [2.05, 4.69) is 10.5 Å². The smallest absolute Gasteiger partial charge is 0.321 e. The summed E-state index contributed by atoms with van der Waals surface area (Å²) in [6, 6.07) is 5.56. The van der Waals surface area contributed by atoms with Gasteiger partial charge in [-0.3, -0.25) is 0 Å². The fourth-order valence-corrected chi connectivity index (χ4v) is 2.98. The van der Waals surface area contributed by atoms with Crippen molar-refractivity contribution in [1.29, 1.82) is 0 Å². The Bertz CT molecular complexity index is 706. The molecule has 0 aliphatic carbocycles. The number of urea groups is 1. The number of methoxy groups -OCH3 is 1. The van der Waals surface area contributed by atoms with Gasteiger partial charge < -0.3 is 19.5 Å². The Kier molecular flexibility index (Phi) is 4.69. The van der Waals surface area contributed by atoms with Crippen LogP contribution in [-0.4, -0.2) is 36.3 Å². The molecule has 0 spiro atoms. The predicted octanol–water partition coefficient (Wildman–Crippen LogP) is 3.54. The number of hydrogen-bond acceptors (Lipinski definition) is 4. The van der Waals surface area contributed by atoms with Gasteiger partial charge >= 0.3 is 6.03 Å². The van der Waals surface area contributed by atoms with Crippen LogP contribution in [0.5, 0.6) is 5.88 Å². The standard InChI is InChI=1S/C17H20FN3O3/c1-11-15(24-20-16(11)23-2)12-7-9-21(10-8-12)17(22)19-14-5-3-13(18)4-6-14/h3-6,12H,7-10H2,1-2H3,(H,19,22). The molecule has 1 aromatic carbocycles. The number of anilines is 1. The molecular weight excluding hydrogens is 313 g/mol. The maximum Gasteiger partial charge on any atom is 0.321 e. The highest BCUT2D eigenvalue weighted by Gasteiger charge is 2.28. The summed E-state index contributed by atoms with van der Waals surface area (Å²) in [5.41, 5.74) is 1.51. The number of halogens is 1. The number of nitrogens with one attached hydrogen (secondary N) is 1. The average molecular weight is 333 g/mol. The maximum atomic E-state index is 12.9. The summed E-state index contributed by atoms with van der Waals surface area (Å²) < 4.78 is 23.4. The van der Waals surface area contributed by atoms with E-state index in [1.165, 1.54) is 12.1 Å². The number of hydrogen-bond donors (Lipinski definition) is 1. The third kappa shape index (κ3) is 3.34. The second kappa shape index (κ2) is 6.90. The molecule has 1 aliphatic heterocycles. The number of carbonyl (C=O) groups excluding carboxylic acids is 1. The van der Waals surface area contributed by atoms with Crippen LogP contribution >= 0.6 is 0 Å². The highest BCUT2D eigenvalue weighted by molar-refractivity contribution is 5.89. The Morgan fingerprint density at radius 1 is 1.33 bits per heavy atom. The number of aromatic nitrogens is 1. The lowest BCUT2D eigenvalue weighted by molar-refractivity contribution is 0.188. The molecule has 1 fully saturated rings. The number of nitrogens with zero attached hydrogens (tertiary/aromatic N) is 2. The van der Waals surface area contributed by atoms with Crippen LogP contribution in [0.4, 0.5) is 14.9 Å². The quantitative estimate of drug-likeness (QED) is 0.933. The molecule has 7 heteroatoms. The van der Waals surface area contributed by atoms with Crippen LogP contribution < -0.4 is 10.1 Å². The minimum Gasteiger partial charge on any atom is -0.479 e. The summed E-state index contributed by atoms with van der Waals surface area (Å²) in [5, 5.41) is 6.69. The van der Waals surface area contributed by atoms with Crippen molar-refractivity contribution in [2.45, 2.75) is 25.7 Å². The van der Waals surface area contributed by atoms with E-state index in [1.807, 2.05) is 6.92 Å². The second-order valence-corrected chi connectivity index (χ2v) is 5.88. The molecule has 6 nitrogen and oxygen atoms in total. The molecule has 0 atom stereocenters. The van der Waals surface area contributed by atoms with Gasteiger partial charge in [0.1, 0.15) is 11.6 Å². The molecule has 1 aromatic heterocycles. The maximum absolute atomic E-state index is 12.9. The van der Waals surface area contributed by atoms with Gasteiger partial charge in [-0.1, -0.05) is 0 Å². The number of benzene rings is 1. The summed E-state index contributed by atoms with van der Waals surface area (Å²) in [6.45, 7) is 3.18. The van der Waals surface area contributed by atoms with Gasteiger partial charge in [0.15, 0.2) is 0 Å². The van der Waals surface area contributed by atoms with E-state index in [-0.39, 0.29) is 17.8 Å². The van der Waals surface area contributed by atoms with Gasteiger partial charge in [0.25, 0.3) is 5.88 Å². The molecule has 1 N–H and O–H groups in total. The number of piperidine rings is 1. The minimum absolute atomic E-state index is 0.174. The summed E-state index contributed by atoms with van der Waals surface area (Å²) in [4.78, 5) is 14.0. The van der Waals surface area contributed by atoms with Crippen LogP contribution in [0.3, 0.4) is 0 Å². The molecule has 0 unspecified atom stereocenters. The van der Waals surface area contributed by atoms with Gasteiger partial charge in [-0.2, -0.15) is 0 Å². The largest absolute Gasteiger partial charge is 0.479 e. The van der Waals surface area contributed by atoms with Gasteiger partial charge in [0.05, 0.1) is 12.7 Å². The molecule has 2 amide bonds. The molecule has 1 aliphatic rings. The van der Waals surface area contributed by atoms with Gasteiger partial charge in [-0.05, 0) is 49.2 Å². The van der Waals surface area contributed by atoms with E-state index >= 15 is 0 Å². The lowest BCUT2D eigenvalue weighted by Crippen LogP contribution is -2.40. The lowest BCUT2D eigenvalue weighted by Gasteiger charge is -2.31. The van der Waals surface area contributed by atoms with Crippen molar-refractivity contribution in [2.75, 3.05) is 25.5 Å². The fraction of sp³-hybridized carbons (Fsp3) is 0.412. The van der Waals surface area contributed by atoms with E-state index in [9.17, 15) is 9.18 Å². The zero-order valence-electron chi connectivity index (χ0n) is 13.7. The fourth-order valence-electron chi connectivity index (χ4n) is 2.98. The van der Waals surface area contributed by atoms with Gasteiger partial charge in [-0.25, -0.2) is 9.18 Å². The molecule has 2 aromatic rings. The highest BCUT2D eigenvalue weighted by atomic mass is 19.1. The Balaban J connectivity index is 1.57. The van der Waals surface area contributed by atoms with Crippen molar-refractivity contribution >= 4 is 11.7 Å². The SMILES string of the molecule is COc1noc(C2CCN(C(=O)Nc3ccc(F)cc3)CC2)c1C. The normalized spacial score (nSPS) is 15.4. The molecule has 3 rings (SSSR count). The Morgan fingerprint density at radius 2 is 2.00 bits per heavy atom. The van der Waals surface area contributed by atoms with Crippen molar-refractivity contribution in [1.82, 2.24) is 10.1 Å². The minimum atomic E-state index is -0.327. The van der Waals surface area contributed by atoms with Gasteiger partial charge in [0, 0.05) is 24.7 Å². The third-order valence-corrected chi connectivity index (χ3v) is 4.36. The van der Waals surface area contributed by atoms with Crippen molar-refractivity contribution in [3.05, 3.63) is 41.4 Å². The molecular formula is C17H20FN3O3. The van der Waals surface area contributed by atoms with Crippen LogP contribution in [0.25, 0.3) is 0 Å². The molecule has 0 saturated carbocycles. The Morgan fingerprint density at radius 3 is 2.58 bits per heavy atom. The first-order valence-corrected chi connectivity index (χ1v) is 7.90. The van der Waals surface area contributed by atoms with Crippen molar-refractivity contribution in [3.63, 3.8) is 0 Å². The Hall–Kier alpha value is -2.57. The monoisotopic (exact) mass is 333 g/mol. The molecule has 0 bridgehead atoms. The number of carbonyl (C=O) groups is 1. The molecule has 0 radical (unpaired) electrons. The van der Waals surface area contributed by atoms with E-state index in [1.54, 1.807) is 24.1 Å². The van der Waals surface area contributed by atoms with Crippen molar-refractivity contribution < 1.29 is 18.4 Å². The van der Waals surface area contributed by atoms with Crippen LogP contribution in [0.1, 0.15) is 30.1 Å². The van der Waals surface area contributed by atoms with Gasteiger partial charge in [-0.15, -0.1) is 0 Å². The van der Waals surface area contributed by atoms with E-state index in [0.29, 0.717) is 24.7 Å². The number of rotatable bonds is 3. The van der Waals surface area contributed by atoms with Crippen molar-refractivity contribution in [2.24, 2.45) is 0 Å². The summed E-state index contributed by atoms with van der Waals surface area (Å²) in [6.07, 6.45) is 1.60.